The van der Waals surface area contributed by atoms with E-state index in [2.05, 4.69) is 26.4 Å². The standard InChI is InChI=1S/C13H12ClN5S/c14-11-5-12(19-13(18-11)16-7-17-19)15-6-9-4-8-2-1-3-10(8)20-9/h4-5,7,15H,1-3,6H2. The first-order valence-electron chi connectivity index (χ1n) is 6.50. The van der Waals surface area contributed by atoms with Crippen molar-refractivity contribution in [2.45, 2.75) is 25.8 Å². The molecule has 1 aliphatic rings. The number of aromatic nitrogens is 4. The summed E-state index contributed by atoms with van der Waals surface area (Å²) in [7, 11) is 0. The summed E-state index contributed by atoms with van der Waals surface area (Å²) in [6.07, 6.45) is 5.23. The van der Waals surface area contributed by atoms with Gasteiger partial charge in [-0.3, -0.25) is 0 Å². The summed E-state index contributed by atoms with van der Waals surface area (Å²) in [6, 6.07) is 4.08. The molecule has 0 unspecified atom stereocenters. The number of hydrogen-bond donors (Lipinski definition) is 1. The zero-order valence-corrected chi connectivity index (χ0v) is 12.2. The Morgan fingerprint density at radius 1 is 1.35 bits per heavy atom. The molecule has 0 radical (unpaired) electrons. The van der Waals surface area contributed by atoms with Crippen LogP contribution in [0.4, 0.5) is 5.82 Å². The molecular weight excluding hydrogens is 294 g/mol. The fourth-order valence-corrected chi connectivity index (χ4v) is 3.94. The van der Waals surface area contributed by atoms with Crippen molar-refractivity contribution < 1.29 is 0 Å². The van der Waals surface area contributed by atoms with Gasteiger partial charge < -0.3 is 5.32 Å². The number of nitrogens with zero attached hydrogens (tertiary/aromatic N) is 4. The van der Waals surface area contributed by atoms with Crippen molar-refractivity contribution in [1.82, 2.24) is 19.6 Å². The van der Waals surface area contributed by atoms with Gasteiger partial charge in [0.05, 0.1) is 6.54 Å². The molecule has 0 fully saturated rings. The van der Waals surface area contributed by atoms with Crippen molar-refractivity contribution in [2.24, 2.45) is 0 Å². The maximum absolute atomic E-state index is 5.99. The lowest BCUT2D eigenvalue weighted by Gasteiger charge is -2.06. The van der Waals surface area contributed by atoms with Crippen LogP contribution in [0.1, 0.15) is 21.7 Å². The molecule has 1 N–H and O–H groups in total. The van der Waals surface area contributed by atoms with Gasteiger partial charge in [0.25, 0.3) is 5.78 Å². The molecule has 0 bridgehead atoms. The van der Waals surface area contributed by atoms with E-state index in [-0.39, 0.29) is 0 Å². The Labute approximate surface area is 124 Å². The Hall–Kier alpha value is -1.66. The van der Waals surface area contributed by atoms with Gasteiger partial charge >= 0.3 is 0 Å². The van der Waals surface area contributed by atoms with Gasteiger partial charge in [-0.05, 0) is 30.9 Å². The highest BCUT2D eigenvalue weighted by Crippen LogP contribution is 2.31. The van der Waals surface area contributed by atoms with E-state index >= 15 is 0 Å². The van der Waals surface area contributed by atoms with Crippen LogP contribution in [-0.4, -0.2) is 19.6 Å². The van der Waals surface area contributed by atoms with Crippen LogP contribution in [0.5, 0.6) is 0 Å². The Morgan fingerprint density at radius 2 is 2.30 bits per heavy atom. The average molecular weight is 306 g/mol. The number of halogens is 1. The fraction of sp³-hybridized carbons (Fsp3) is 0.308. The molecule has 102 valence electrons. The van der Waals surface area contributed by atoms with Gasteiger partial charge in [0.1, 0.15) is 17.3 Å². The maximum Gasteiger partial charge on any atom is 0.255 e. The Balaban J connectivity index is 1.59. The first kappa shape index (κ1) is 12.1. The third-order valence-electron chi connectivity index (χ3n) is 3.46. The molecule has 0 atom stereocenters. The number of thiophene rings is 1. The number of rotatable bonds is 3. The van der Waals surface area contributed by atoms with Gasteiger partial charge in [-0.15, -0.1) is 11.3 Å². The van der Waals surface area contributed by atoms with Crippen molar-refractivity contribution in [3.63, 3.8) is 0 Å². The van der Waals surface area contributed by atoms with E-state index < -0.39 is 0 Å². The second-order valence-electron chi connectivity index (χ2n) is 4.80. The molecule has 4 rings (SSSR count). The minimum Gasteiger partial charge on any atom is -0.365 e. The molecule has 0 amide bonds. The smallest absolute Gasteiger partial charge is 0.255 e. The van der Waals surface area contributed by atoms with E-state index in [0.717, 1.165) is 12.4 Å². The summed E-state index contributed by atoms with van der Waals surface area (Å²) in [4.78, 5) is 11.0. The molecule has 20 heavy (non-hydrogen) atoms. The summed E-state index contributed by atoms with van der Waals surface area (Å²) < 4.78 is 1.66. The minimum atomic E-state index is 0.418. The highest BCUT2D eigenvalue weighted by molar-refractivity contribution is 7.12. The van der Waals surface area contributed by atoms with Crippen LogP contribution in [0.2, 0.25) is 5.15 Å². The monoisotopic (exact) mass is 305 g/mol. The van der Waals surface area contributed by atoms with Crippen LogP contribution in [0.3, 0.4) is 0 Å². The van der Waals surface area contributed by atoms with Crippen molar-refractivity contribution in [2.75, 3.05) is 5.32 Å². The zero-order chi connectivity index (χ0) is 13.5. The summed E-state index contributed by atoms with van der Waals surface area (Å²) in [5.41, 5.74) is 1.52. The molecular formula is C13H12ClN5S. The van der Waals surface area contributed by atoms with Crippen LogP contribution in [0.25, 0.3) is 5.78 Å². The van der Waals surface area contributed by atoms with E-state index in [1.165, 1.54) is 36.0 Å². The highest BCUT2D eigenvalue weighted by atomic mass is 35.5. The third-order valence-corrected chi connectivity index (χ3v) is 4.89. The van der Waals surface area contributed by atoms with Crippen LogP contribution in [0.15, 0.2) is 18.5 Å². The van der Waals surface area contributed by atoms with Crippen LogP contribution < -0.4 is 5.32 Å². The van der Waals surface area contributed by atoms with E-state index in [9.17, 15) is 0 Å². The number of fused-ring (bicyclic) bond motifs is 2. The van der Waals surface area contributed by atoms with E-state index in [4.69, 9.17) is 11.6 Å². The third kappa shape index (κ3) is 2.05. The van der Waals surface area contributed by atoms with E-state index in [0.29, 0.717) is 10.9 Å². The molecule has 7 heteroatoms. The summed E-state index contributed by atoms with van der Waals surface area (Å²) in [6.45, 7) is 0.771. The summed E-state index contributed by atoms with van der Waals surface area (Å²) in [5.74, 6) is 1.32. The lowest BCUT2D eigenvalue weighted by Crippen LogP contribution is -2.05. The SMILES string of the molecule is Clc1cc(NCc2cc3c(s2)CCC3)n2ncnc2n1. The molecule has 0 aromatic carbocycles. The second kappa shape index (κ2) is 4.71. The van der Waals surface area contributed by atoms with Crippen molar-refractivity contribution in [1.29, 1.82) is 0 Å². The number of anilines is 1. The quantitative estimate of drug-likeness (QED) is 0.756. The largest absolute Gasteiger partial charge is 0.365 e. The maximum atomic E-state index is 5.99. The van der Waals surface area contributed by atoms with E-state index in [1.807, 2.05) is 11.3 Å². The molecule has 3 aromatic rings. The predicted octanol–water partition coefficient (Wildman–Crippen LogP) is 2.94. The van der Waals surface area contributed by atoms with Crippen LogP contribution >= 0.6 is 22.9 Å². The number of hydrogen-bond acceptors (Lipinski definition) is 5. The van der Waals surface area contributed by atoms with Gasteiger partial charge in [0, 0.05) is 15.8 Å². The van der Waals surface area contributed by atoms with Gasteiger partial charge in [0.2, 0.25) is 0 Å². The highest BCUT2D eigenvalue weighted by Gasteiger charge is 2.15. The molecule has 0 spiro atoms. The lowest BCUT2D eigenvalue weighted by molar-refractivity contribution is 0.911. The molecule has 3 heterocycles. The Morgan fingerprint density at radius 3 is 3.20 bits per heavy atom. The summed E-state index contributed by atoms with van der Waals surface area (Å²) >= 11 is 7.89. The minimum absolute atomic E-state index is 0.418. The topological polar surface area (TPSA) is 55.1 Å². The van der Waals surface area contributed by atoms with Crippen molar-refractivity contribution in [3.8, 4) is 0 Å². The van der Waals surface area contributed by atoms with Gasteiger partial charge in [-0.2, -0.15) is 19.6 Å². The first-order valence-corrected chi connectivity index (χ1v) is 7.70. The van der Waals surface area contributed by atoms with Crippen LogP contribution in [-0.2, 0) is 19.4 Å². The zero-order valence-electron chi connectivity index (χ0n) is 10.6. The number of aryl methyl sites for hydroxylation is 2. The second-order valence-corrected chi connectivity index (χ2v) is 6.41. The molecule has 3 aromatic heterocycles. The van der Waals surface area contributed by atoms with Gasteiger partial charge in [-0.1, -0.05) is 11.6 Å². The molecule has 0 aliphatic heterocycles. The normalized spacial score (nSPS) is 13.8. The number of nitrogens with one attached hydrogen (secondary N) is 1. The molecule has 5 nitrogen and oxygen atoms in total. The molecule has 0 saturated heterocycles. The fourth-order valence-electron chi connectivity index (χ4n) is 2.56. The Kier molecular flexibility index (Phi) is 2.85. The van der Waals surface area contributed by atoms with E-state index in [1.54, 1.807) is 15.5 Å². The Bertz CT molecular complexity index is 757. The van der Waals surface area contributed by atoms with Gasteiger partial charge in [-0.25, -0.2) is 0 Å². The van der Waals surface area contributed by atoms with Crippen molar-refractivity contribution >= 4 is 34.5 Å². The van der Waals surface area contributed by atoms with Gasteiger partial charge in [0.15, 0.2) is 0 Å². The molecule has 1 aliphatic carbocycles. The molecule has 0 saturated carbocycles. The lowest BCUT2D eigenvalue weighted by atomic mass is 10.2. The first-order chi connectivity index (χ1) is 9.79. The predicted molar refractivity (Wildman–Crippen MR) is 79.5 cm³/mol. The average Bonchev–Trinajstić information content (AvgIpc) is 3.09. The van der Waals surface area contributed by atoms with Crippen molar-refractivity contribution in [3.05, 3.63) is 38.9 Å². The summed E-state index contributed by atoms with van der Waals surface area (Å²) in [5, 5.41) is 7.93. The van der Waals surface area contributed by atoms with Crippen LogP contribution in [0, 0.1) is 0 Å².